The summed E-state index contributed by atoms with van der Waals surface area (Å²) in [5.74, 6) is -2.39. The van der Waals surface area contributed by atoms with Crippen LogP contribution in [-0.2, 0) is 28.7 Å². The molecule has 1 amide bonds. The molecule has 228 valence electrons. The number of aliphatic hydroxyl groups excluding tert-OH is 1. The lowest BCUT2D eigenvalue weighted by atomic mass is 9.45. The summed E-state index contributed by atoms with van der Waals surface area (Å²) in [6, 6.07) is -1.04. The summed E-state index contributed by atoms with van der Waals surface area (Å²) in [4.78, 5) is 61.3. The van der Waals surface area contributed by atoms with Gasteiger partial charge in [0.15, 0.2) is 12.4 Å². The van der Waals surface area contributed by atoms with Gasteiger partial charge in [-0.2, -0.15) is 11.8 Å². The number of allylic oxidation sites excluding steroid dienone is 1. The molecule has 10 nitrogen and oxygen atoms in total. The van der Waals surface area contributed by atoms with Crippen molar-refractivity contribution in [1.29, 1.82) is 0 Å². The number of carbonyl (C=O) groups is 5. The van der Waals surface area contributed by atoms with Crippen molar-refractivity contribution < 1.29 is 44.0 Å². The molecule has 3 saturated carbocycles. The molecule has 0 saturated heterocycles. The molecule has 0 aromatic heterocycles. The van der Waals surface area contributed by atoms with Gasteiger partial charge in [-0.15, -0.1) is 0 Å². The first-order valence-electron chi connectivity index (χ1n) is 14.6. The van der Waals surface area contributed by atoms with E-state index in [9.17, 15) is 39.3 Å². The third kappa shape index (κ3) is 5.86. The Morgan fingerprint density at radius 3 is 2.56 bits per heavy atom. The number of hydrogen-bond donors (Lipinski definition) is 4. The van der Waals surface area contributed by atoms with Crippen LogP contribution < -0.4 is 5.32 Å². The van der Waals surface area contributed by atoms with Crippen LogP contribution in [0.5, 0.6) is 0 Å². The van der Waals surface area contributed by atoms with Crippen LogP contribution in [0, 0.1) is 28.6 Å². The number of nitrogens with one attached hydrogen (secondary N) is 1. The Bertz CT molecular complexity index is 1120. The van der Waals surface area contributed by atoms with Crippen molar-refractivity contribution in [3.63, 3.8) is 0 Å². The number of carboxylic acid groups (broad SMARTS) is 1. The van der Waals surface area contributed by atoms with Gasteiger partial charge in [-0.25, -0.2) is 4.79 Å². The second-order valence-electron chi connectivity index (χ2n) is 12.8. The minimum atomic E-state index is -1.76. The molecular weight excluding hydrogens is 550 g/mol. The molecule has 0 bridgehead atoms. The molecule has 3 fully saturated rings. The van der Waals surface area contributed by atoms with E-state index in [2.05, 4.69) is 12.2 Å². The van der Waals surface area contributed by atoms with Gasteiger partial charge in [0.1, 0.15) is 11.6 Å². The second kappa shape index (κ2) is 12.2. The molecule has 0 aromatic carbocycles. The fraction of sp³-hybridized carbons (Fsp3) is 0.767. The van der Waals surface area contributed by atoms with Gasteiger partial charge in [-0.3, -0.25) is 19.2 Å². The summed E-state index contributed by atoms with van der Waals surface area (Å²) in [7, 11) is 0. The first-order valence-corrected chi connectivity index (χ1v) is 16.0. The van der Waals surface area contributed by atoms with Gasteiger partial charge in [-0.05, 0) is 86.2 Å². The number of ketones is 2. The number of aliphatic carboxylic acids is 1. The molecule has 0 radical (unpaired) electrons. The van der Waals surface area contributed by atoms with E-state index in [1.807, 2.05) is 13.2 Å². The van der Waals surface area contributed by atoms with Crippen LogP contribution in [0.4, 0.5) is 0 Å². The minimum Gasteiger partial charge on any atom is -0.480 e. The van der Waals surface area contributed by atoms with Crippen LogP contribution in [0.3, 0.4) is 0 Å². The third-order valence-electron chi connectivity index (χ3n) is 10.7. The molecule has 4 aliphatic rings. The summed E-state index contributed by atoms with van der Waals surface area (Å²) in [5, 5.41) is 34.9. The van der Waals surface area contributed by atoms with Crippen LogP contribution in [0.2, 0.25) is 0 Å². The third-order valence-corrected chi connectivity index (χ3v) is 11.3. The lowest BCUT2D eigenvalue weighted by Crippen LogP contribution is -2.62. The number of esters is 1. The molecule has 0 heterocycles. The largest absolute Gasteiger partial charge is 0.480 e. The number of fused-ring (bicyclic) bond motifs is 5. The predicted octanol–water partition coefficient (Wildman–Crippen LogP) is 2.44. The Hall–Kier alpha value is -2.24. The van der Waals surface area contributed by atoms with E-state index in [0.29, 0.717) is 25.0 Å². The van der Waals surface area contributed by atoms with Gasteiger partial charge in [0.25, 0.3) is 0 Å². The highest BCUT2D eigenvalue weighted by atomic mass is 32.2. The van der Waals surface area contributed by atoms with Gasteiger partial charge in [-0.1, -0.05) is 19.4 Å². The number of carbonyl (C=O) groups excluding carboxylic acids is 4. The van der Waals surface area contributed by atoms with Gasteiger partial charge in [0, 0.05) is 18.3 Å². The molecular formula is C30H43NO9S. The molecule has 41 heavy (non-hydrogen) atoms. The quantitative estimate of drug-likeness (QED) is 0.261. The fourth-order valence-corrected chi connectivity index (χ4v) is 8.93. The highest BCUT2D eigenvalue weighted by Gasteiger charge is 2.68. The van der Waals surface area contributed by atoms with Crippen molar-refractivity contribution in [1.82, 2.24) is 5.32 Å². The molecule has 0 aliphatic heterocycles. The Labute approximate surface area is 245 Å². The Balaban J connectivity index is 1.35. The first kappa shape index (κ1) is 31.7. The van der Waals surface area contributed by atoms with Gasteiger partial charge in [0.05, 0.1) is 12.5 Å². The van der Waals surface area contributed by atoms with Crippen LogP contribution in [-0.4, -0.2) is 81.1 Å². The topological polar surface area (TPSA) is 167 Å². The zero-order valence-electron chi connectivity index (χ0n) is 24.1. The minimum absolute atomic E-state index is 0.00791. The second-order valence-corrected chi connectivity index (χ2v) is 13.8. The number of aliphatic hydroxyl groups is 2. The lowest BCUT2D eigenvalue weighted by Gasteiger charge is -2.60. The van der Waals surface area contributed by atoms with E-state index < -0.39 is 53.4 Å². The standard InChI is InChI=1S/C30H43NO9S/c1-28-11-8-18(32)14-17(28)4-5-19-20-9-12-30(39,29(20,2)15-22(33)26(19)28)23(34)16-40-25(36)7-6-24(35)31-21(27(37)38)10-13-41-3/h14,19-22,26,33,39H,4-13,15-16H2,1-3H3,(H,31,35)(H,37,38)/t19-,20-,21+,22+,26+,28-,29-,30-/m0/s1. The summed E-state index contributed by atoms with van der Waals surface area (Å²) < 4.78 is 5.15. The number of Topliss-reactive ketones (excluding diaryl/α,β-unsaturated/α-hetero) is 1. The smallest absolute Gasteiger partial charge is 0.326 e. The summed E-state index contributed by atoms with van der Waals surface area (Å²) in [5.41, 5.74) is -1.81. The van der Waals surface area contributed by atoms with Crippen LogP contribution >= 0.6 is 11.8 Å². The van der Waals surface area contributed by atoms with Crippen LogP contribution in [0.1, 0.15) is 78.1 Å². The van der Waals surface area contributed by atoms with E-state index in [1.165, 1.54) is 11.8 Å². The van der Waals surface area contributed by atoms with E-state index in [1.54, 1.807) is 6.08 Å². The molecule has 4 aliphatic carbocycles. The summed E-state index contributed by atoms with van der Waals surface area (Å²) in [6.45, 7) is 3.37. The van der Waals surface area contributed by atoms with Gasteiger partial charge in [0.2, 0.25) is 11.7 Å². The monoisotopic (exact) mass is 593 g/mol. The molecule has 0 aromatic rings. The number of ether oxygens (including phenoxy) is 1. The van der Waals surface area contributed by atoms with Crippen LogP contribution in [0.15, 0.2) is 11.6 Å². The van der Waals surface area contributed by atoms with Crippen molar-refractivity contribution in [2.75, 3.05) is 18.6 Å². The lowest BCUT2D eigenvalue weighted by molar-refractivity contribution is -0.184. The number of rotatable bonds is 11. The van der Waals surface area contributed by atoms with Crippen molar-refractivity contribution in [3.05, 3.63) is 11.6 Å². The zero-order valence-corrected chi connectivity index (χ0v) is 25.0. The maximum atomic E-state index is 13.4. The number of carboxylic acids is 1. The molecule has 0 unspecified atom stereocenters. The van der Waals surface area contributed by atoms with E-state index >= 15 is 0 Å². The van der Waals surface area contributed by atoms with Crippen molar-refractivity contribution in [3.8, 4) is 0 Å². The molecule has 11 heteroatoms. The molecule has 0 spiro atoms. The highest BCUT2D eigenvalue weighted by molar-refractivity contribution is 7.98. The Morgan fingerprint density at radius 1 is 1.15 bits per heavy atom. The Morgan fingerprint density at radius 2 is 1.88 bits per heavy atom. The Kier molecular flexibility index (Phi) is 9.40. The summed E-state index contributed by atoms with van der Waals surface area (Å²) >= 11 is 1.46. The first-order chi connectivity index (χ1) is 19.3. The zero-order chi connectivity index (χ0) is 30.2. The SMILES string of the molecule is CSCC[C@@H](NC(=O)CCC(=O)OCC(=O)[C@@]1(O)CC[C@H]2[C@@H]3CCC4=CC(=O)CC[C@]4(C)[C@H]3[C@H](O)C[C@@]21C)C(=O)O. The van der Waals surface area contributed by atoms with E-state index in [4.69, 9.17) is 4.74 Å². The van der Waals surface area contributed by atoms with Gasteiger partial charge >= 0.3 is 11.9 Å². The number of amides is 1. The van der Waals surface area contributed by atoms with Crippen molar-refractivity contribution >= 4 is 41.2 Å². The van der Waals surface area contributed by atoms with Crippen molar-refractivity contribution in [2.45, 2.75) is 95.8 Å². The van der Waals surface area contributed by atoms with Crippen LogP contribution in [0.25, 0.3) is 0 Å². The number of hydrogen-bond acceptors (Lipinski definition) is 9. The molecule has 4 N–H and O–H groups in total. The highest BCUT2D eigenvalue weighted by Crippen LogP contribution is 2.67. The normalized spacial score (nSPS) is 36.7. The average molecular weight is 594 g/mol. The predicted molar refractivity (Wildman–Crippen MR) is 151 cm³/mol. The summed E-state index contributed by atoms with van der Waals surface area (Å²) in [6.07, 6.45) is 6.30. The maximum absolute atomic E-state index is 13.4. The molecule has 4 rings (SSSR count). The maximum Gasteiger partial charge on any atom is 0.326 e. The average Bonchev–Trinajstić information content (AvgIpc) is 3.19. The van der Waals surface area contributed by atoms with E-state index in [0.717, 1.165) is 18.4 Å². The van der Waals surface area contributed by atoms with Gasteiger partial charge < -0.3 is 25.4 Å². The van der Waals surface area contributed by atoms with Crippen molar-refractivity contribution in [2.24, 2.45) is 28.6 Å². The molecule has 8 atom stereocenters. The number of thioether (sulfide) groups is 1. The fourth-order valence-electron chi connectivity index (χ4n) is 8.46. The van der Waals surface area contributed by atoms with E-state index in [-0.39, 0.29) is 61.1 Å².